The van der Waals surface area contributed by atoms with Crippen LogP contribution in [-0.2, 0) is 0 Å². The first-order valence-electron chi connectivity index (χ1n) is 5.37. The highest BCUT2D eigenvalue weighted by Gasteiger charge is 2.13. The number of thiazole rings is 1. The Hall–Kier alpha value is -1.92. The number of benzene rings is 1. The van der Waals surface area contributed by atoms with Crippen molar-refractivity contribution in [1.82, 2.24) is 4.98 Å². The fraction of sp³-hybridized carbons (Fsp3) is 0.167. The maximum atomic E-state index is 11.9. The van der Waals surface area contributed by atoms with Gasteiger partial charge in [0, 0.05) is 16.6 Å². The Morgan fingerprint density at radius 1 is 1.50 bits per heavy atom. The summed E-state index contributed by atoms with van der Waals surface area (Å²) in [5.74, 6) is -0.337. The standard InChI is InChI=1S/C12H13N3O2S/c1-7(16)8-4-2-3-5-9(8)14-11(17)10-6-18-12(13)15-10/h2-7,16H,1H3,(H2,13,15)(H,14,17). The van der Waals surface area contributed by atoms with E-state index in [1.807, 2.05) is 0 Å². The lowest BCUT2D eigenvalue weighted by Gasteiger charge is -2.12. The highest BCUT2D eigenvalue weighted by molar-refractivity contribution is 7.13. The van der Waals surface area contributed by atoms with Crippen molar-refractivity contribution < 1.29 is 9.90 Å². The minimum absolute atomic E-state index is 0.276. The molecule has 4 N–H and O–H groups in total. The van der Waals surface area contributed by atoms with Gasteiger partial charge in [0.25, 0.3) is 5.91 Å². The van der Waals surface area contributed by atoms with E-state index in [1.54, 1.807) is 36.6 Å². The molecule has 0 aliphatic rings. The molecule has 0 saturated carbocycles. The van der Waals surface area contributed by atoms with Gasteiger partial charge in [-0.3, -0.25) is 4.79 Å². The van der Waals surface area contributed by atoms with E-state index in [1.165, 1.54) is 11.3 Å². The molecule has 0 bridgehead atoms. The molecule has 0 fully saturated rings. The average molecular weight is 263 g/mol. The van der Waals surface area contributed by atoms with Crippen LogP contribution in [0.1, 0.15) is 29.1 Å². The topological polar surface area (TPSA) is 88.2 Å². The fourth-order valence-electron chi connectivity index (χ4n) is 1.55. The van der Waals surface area contributed by atoms with Crippen LogP contribution in [-0.4, -0.2) is 16.0 Å². The van der Waals surface area contributed by atoms with Crippen molar-refractivity contribution in [2.24, 2.45) is 0 Å². The molecule has 0 aliphatic carbocycles. The second-order valence-corrected chi connectivity index (χ2v) is 4.68. The van der Waals surface area contributed by atoms with Gasteiger partial charge in [0.1, 0.15) is 5.69 Å². The van der Waals surface area contributed by atoms with Crippen LogP contribution in [0, 0.1) is 0 Å². The summed E-state index contributed by atoms with van der Waals surface area (Å²) < 4.78 is 0. The number of aliphatic hydroxyl groups excluding tert-OH is 1. The first-order valence-corrected chi connectivity index (χ1v) is 6.25. The van der Waals surface area contributed by atoms with Crippen LogP contribution in [0.15, 0.2) is 29.6 Å². The van der Waals surface area contributed by atoms with Crippen molar-refractivity contribution >= 4 is 28.1 Å². The Balaban J connectivity index is 2.22. The van der Waals surface area contributed by atoms with Crippen molar-refractivity contribution in [3.8, 4) is 0 Å². The molecule has 1 atom stereocenters. The van der Waals surface area contributed by atoms with Crippen LogP contribution in [0.25, 0.3) is 0 Å². The molecule has 18 heavy (non-hydrogen) atoms. The van der Waals surface area contributed by atoms with Gasteiger partial charge in [0.15, 0.2) is 5.13 Å². The molecule has 5 nitrogen and oxygen atoms in total. The molecule has 6 heteroatoms. The number of nitrogen functional groups attached to an aromatic ring is 1. The second kappa shape index (κ2) is 5.16. The van der Waals surface area contributed by atoms with Crippen LogP contribution in [0.2, 0.25) is 0 Å². The summed E-state index contributed by atoms with van der Waals surface area (Å²) in [6, 6.07) is 7.08. The number of nitrogens with two attached hydrogens (primary N) is 1. The number of para-hydroxylation sites is 1. The summed E-state index contributed by atoms with van der Waals surface area (Å²) in [6.07, 6.45) is -0.651. The number of hydrogen-bond donors (Lipinski definition) is 3. The number of amides is 1. The normalized spacial score (nSPS) is 12.1. The first-order chi connectivity index (χ1) is 8.58. The Morgan fingerprint density at radius 3 is 2.83 bits per heavy atom. The van der Waals surface area contributed by atoms with Crippen molar-refractivity contribution in [3.05, 3.63) is 40.9 Å². The minimum atomic E-state index is -0.651. The second-order valence-electron chi connectivity index (χ2n) is 3.79. The van der Waals surface area contributed by atoms with E-state index in [4.69, 9.17) is 5.73 Å². The monoisotopic (exact) mass is 263 g/mol. The number of nitrogens with zero attached hydrogens (tertiary/aromatic N) is 1. The minimum Gasteiger partial charge on any atom is -0.389 e. The SMILES string of the molecule is CC(O)c1ccccc1NC(=O)c1csc(N)n1. The van der Waals surface area contributed by atoms with Gasteiger partial charge >= 0.3 is 0 Å². The molecule has 0 aliphatic heterocycles. The van der Waals surface area contributed by atoms with Gasteiger partial charge in [-0.05, 0) is 13.0 Å². The zero-order valence-corrected chi connectivity index (χ0v) is 10.6. The van der Waals surface area contributed by atoms with Crippen molar-refractivity contribution in [1.29, 1.82) is 0 Å². The van der Waals surface area contributed by atoms with E-state index in [0.29, 0.717) is 16.4 Å². The number of aliphatic hydroxyl groups is 1. The quantitative estimate of drug-likeness (QED) is 0.790. The predicted octanol–water partition coefficient (Wildman–Crippen LogP) is 2.03. The van der Waals surface area contributed by atoms with E-state index in [0.717, 1.165) is 0 Å². The van der Waals surface area contributed by atoms with E-state index in [-0.39, 0.29) is 11.6 Å². The van der Waals surface area contributed by atoms with Gasteiger partial charge in [-0.1, -0.05) is 18.2 Å². The van der Waals surface area contributed by atoms with Crippen molar-refractivity contribution in [2.75, 3.05) is 11.1 Å². The number of hydrogen-bond acceptors (Lipinski definition) is 5. The Kier molecular flexibility index (Phi) is 3.59. The molecular weight excluding hydrogens is 250 g/mol. The largest absolute Gasteiger partial charge is 0.389 e. The molecular formula is C12H13N3O2S. The van der Waals surface area contributed by atoms with Gasteiger partial charge in [-0.2, -0.15) is 0 Å². The number of carbonyl (C=O) groups excluding carboxylic acids is 1. The molecule has 94 valence electrons. The lowest BCUT2D eigenvalue weighted by molar-refractivity contribution is 0.102. The van der Waals surface area contributed by atoms with Crippen LogP contribution in [0.3, 0.4) is 0 Å². The predicted molar refractivity (Wildman–Crippen MR) is 71.6 cm³/mol. The third-order valence-electron chi connectivity index (χ3n) is 2.41. The highest BCUT2D eigenvalue weighted by Crippen LogP contribution is 2.23. The van der Waals surface area contributed by atoms with Crippen LogP contribution in [0.4, 0.5) is 10.8 Å². The van der Waals surface area contributed by atoms with Crippen LogP contribution in [0.5, 0.6) is 0 Å². The van der Waals surface area contributed by atoms with Gasteiger partial charge in [0.2, 0.25) is 0 Å². The summed E-state index contributed by atoms with van der Waals surface area (Å²) in [6.45, 7) is 1.64. The number of carbonyl (C=O) groups is 1. The Morgan fingerprint density at radius 2 is 2.22 bits per heavy atom. The molecule has 1 unspecified atom stereocenters. The van der Waals surface area contributed by atoms with E-state index < -0.39 is 6.10 Å². The molecule has 0 radical (unpaired) electrons. The Labute approximate surface area is 108 Å². The summed E-state index contributed by atoms with van der Waals surface area (Å²) in [7, 11) is 0. The Bertz CT molecular complexity index is 566. The first kappa shape index (κ1) is 12.5. The van der Waals surface area contributed by atoms with Gasteiger partial charge < -0.3 is 16.2 Å². The fourth-order valence-corrected chi connectivity index (χ4v) is 2.10. The van der Waals surface area contributed by atoms with Crippen LogP contribution < -0.4 is 11.1 Å². The zero-order chi connectivity index (χ0) is 13.1. The molecule has 1 aromatic carbocycles. The summed E-state index contributed by atoms with van der Waals surface area (Å²) in [5, 5.41) is 14.3. The lowest BCUT2D eigenvalue weighted by Crippen LogP contribution is -2.14. The number of aromatic nitrogens is 1. The molecule has 1 heterocycles. The third kappa shape index (κ3) is 2.66. The maximum absolute atomic E-state index is 11.9. The van der Waals surface area contributed by atoms with E-state index in [2.05, 4.69) is 10.3 Å². The van der Waals surface area contributed by atoms with Gasteiger partial charge in [-0.25, -0.2) is 4.98 Å². The summed E-state index contributed by atoms with van der Waals surface area (Å²) in [5.41, 5.74) is 6.99. The van der Waals surface area contributed by atoms with Crippen LogP contribution >= 0.6 is 11.3 Å². The lowest BCUT2D eigenvalue weighted by atomic mass is 10.1. The summed E-state index contributed by atoms with van der Waals surface area (Å²) >= 11 is 1.21. The molecule has 0 spiro atoms. The smallest absolute Gasteiger partial charge is 0.275 e. The zero-order valence-electron chi connectivity index (χ0n) is 9.75. The molecule has 1 aromatic heterocycles. The summed E-state index contributed by atoms with van der Waals surface area (Å²) in [4.78, 5) is 15.8. The van der Waals surface area contributed by atoms with Gasteiger partial charge in [-0.15, -0.1) is 11.3 Å². The number of anilines is 2. The van der Waals surface area contributed by atoms with Gasteiger partial charge in [0.05, 0.1) is 6.10 Å². The number of rotatable bonds is 3. The van der Waals surface area contributed by atoms with E-state index >= 15 is 0 Å². The van der Waals surface area contributed by atoms with Crippen molar-refractivity contribution in [3.63, 3.8) is 0 Å². The maximum Gasteiger partial charge on any atom is 0.275 e. The average Bonchev–Trinajstić information content (AvgIpc) is 2.76. The molecule has 2 rings (SSSR count). The molecule has 1 amide bonds. The molecule has 0 saturated heterocycles. The number of nitrogens with one attached hydrogen (secondary N) is 1. The highest BCUT2D eigenvalue weighted by atomic mass is 32.1. The molecule has 2 aromatic rings. The van der Waals surface area contributed by atoms with Crippen molar-refractivity contribution in [2.45, 2.75) is 13.0 Å². The third-order valence-corrected chi connectivity index (χ3v) is 3.09. The van der Waals surface area contributed by atoms with E-state index in [9.17, 15) is 9.90 Å².